The molecule has 1 heterocycles. The zero-order valence-corrected chi connectivity index (χ0v) is 20.8. The summed E-state index contributed by atoms with van der Waals surface area (Å²) < 4.78 is 17.1. The van der Waals surface area contributed by atoms with E-state index in [9.17, 15) is 14.2 Å². The lowest BCUT2D eigenvalue weighted by molar-refractivity contribution is 0.0960. The maximum atomic E-state index is 13.5. The standard InChI is InChI=1S/C25H23ClN3O6P/c1-2-16-7-10-19(11-8-16)27-25(31)28-22-14-29(23-12-9-18(26)13-21(22)23)24(30)20-6-4-3-5-17(20)15-35-36(32,33)34/h3-14H,2,15H2,1H3,(H2,27,28,31)(H2,32,33,34). The second-order valence-electron chi connectivity index (χ2n) is 7.93. The third-order valence-electron chi connectivity index (χ3n) is 5.49. The second kappa shape index (κ2) is 10.7. The molecule has 0 unspecified atom stereocenters. The van der Waals surface area contributed by atoms with E-state index in [1.54, 1.807) is 48.5 Å². The highest BCUT2D eigenvalue weighted by atomic mass is 35.5. The minimum atomic E-state index is -4.73. The summed E-state index contributed by atoms with van der Waals surface area (Å²) in [5.74, 6) is -0.476. The van der Waals surface area contributed by atoms with Gasteiger partial charge < -0.3 is 20.4 Å². The largest absolute Gasteiger partial charge is 0.469 e. The van der Waals surface area contributed by atoms with Crippen molar-refractivity contribution in [3.8, 4) is 0 Å². The molecule has 4 rings (SSSR count). The summed E-state index contributed by atoms with van der Waals surface area (Å²) in [6.45, 7) is 1.59. The summed E-state index contributed by atoms with van der Waals surface area (Å²) in [5.41, 5.74) is 3.07. The number of rotatable bonds is 7. The van der Waals surface area contributed by atoms with E-state index in [0.717, 1.165) is 12.0 Å². The van der Waals surface area contributed by atoms with E-state index in [-0.39, 0.29) is 5.56 Å². The van der Waals surface area contributed by atoms with Gasteiger partial charge in [0.1, 0.15) is 0 Å². The van der Waals surface area contributed by atoms with Gasteiger partial charge in [0, 0.05) is 27.9 Å². The first-order valence-corrected chi connectivity index (χ1v) is 12.9. The highest BCUT2D eigenvalue weighted by Gasteiger charge is 2.21. The Morgan fingerprint density at radius 1 is 1.03 bits per heavy atom. The normalized spacial score (nSPS) is 11.4. The average molecular weight is 528 g/mol. The monoisotopic (exact) mass is 527 g/mol. The van der Waals surface area contributed by atoms with Crippen LogP contribution in [-0.2, 0) is 22.1 Å². The molecule has 36 heavy (non-hydrogen) atoms. The van der Waals surface area contributed by atoms with Crippen molar-refractivity contribution in [3.63, 3.8) is 0 Å². The molecule has 0 saturated carbocycles. The molecule has 4 N–H and O–H groups in total. The summed E-state index contributed by atoms with van der Waals surface area (Å²) in [6.07, 6.45) is 2.36. The molecular formula is C25H23ClN3O6P. The van der Waals surface area contributed by atoms with Crippen LogP contribution in [0.25, 0.3) is 10.9 Å². The fourth-order valence-corrected chi connectivity index (χ4v) is 4.20. The Hall–Kier alpha value is -3.46. The van der Waals surface area contributed by atoms with Crippen LogP contribution in [0.15, 0.2) is 72.9 Å². The quantitative estimate of drug-likeness (QED) is 0.225. The number of aryl methyl sites for hydroxylation is 1. The van der Waals surface area contributed by atoms with E-state index in [1.165, 1.54) is 16.8 Å². The Labute approximate surface area is 211 Å². The predicted molar refractivity (Wildman–Crippen MR) is 138 cm³/mol. The Bertz CT molecular complexity index is 1480. The van der Waals surface area contributed by atoms with Crippen LogP contribution in [0.4, 0.5) is 16.2 Å². The number of urea groups is 1. The molecule has 2 amide bonds. The molecule has 0 aliphatic carbocycles. The van der Waals surface area contributed by atoms with Gasteiger partial charge in [-0.1, -0.05) is 48.9 Å². The van der Waals surface area contributed by atoms with Gasteiger partial charge >= 0.3 is 13.9 Å². The van der Waals surface area contributed by atoms with E-state index in [0.29, 0.717) is 32.9 Å². The zero-order valence-electron chi connectivity index (χ0n) is 19.1. The highest BCUT2D eigenvalue weighted by molar-refractivity contribution is 7.46. The molecule has 0 fully saturated rings. The van der Waals surface area contributed by atoms with Gasteiger partial charge in [-0.2, -0.15) is 0 Å². The van der Waals surface area contributed by atoms with Crippen LogP contribution in [0, 0.1) is 0 Å². The lowest BCUT2D eigenvalue weighted by Crippen LogP contribution is -2.19. The molecule has 0 saturated heterocycles. The number of phosphoric acid groups is 1. The van der Waals surface area contributed by atoms with E-state index >= 15 is 0 Å². The smallest absolute Gasteiger partial charge is 0.308 e. The van der Waals surface area contributed by atoms with Crippen molar-refractivity contribution in [3.05, 3.63) is 94.6 Å². The molecule has 4 aromatic rings. The van der Waals surface area contributed by atoms with Gasteiger partial charge in [0.15, 0.2) is 0 Å². The second-order valence-corrected chi connectivity index (χ2v) is 9.61. The SMILES string of the molecule is CCc1ccc(NC(=O)Nc2cn(C(=O)c3ccccc3COP(=O)(O)O)c3ccc(Cl)cc23)cc1. The van der Waals surface area contributed by atoms with Crippen LogP contribution in [0.5, 0.6) is 0 Å². The first-order chi connectivity index (χ1) is 17.1. The van der Waals surface area contributed by atoms with E-state index < -0.39 is 26.4 Å². The number of carbonyl (C=O) groups excluding carboxylic acids is 2. The maximum Gasteiger partial charge on any atom is 0.469 e. The van der Waals surface area contributed by atoms with Crippen molar-refractivity contribution in [2.24, 2.45) is 0 Å². The van der Waals surface area contributed by atoms with Gasteiger partial charge in [-0.15, -0.1) is 0 Å². The van der Waals surface area contributed by atoms with Gasteiger partial charge in [0.25, 0.3) is 5.91 Å². The molecule has 186 valence electrons. The number of nitrogens with zero attached hydrogens (tertiary/aromatic N) is 1. The fourth-order valence-electron chi connectivity index (χ4n) is 3.72. The summed E-state index contributed by atoms with van der Waals surface area (Å²) >= 11 is 6.19. The van der Waals surface area contributed by atoms with Crippen LogP contribution in [0.3, 0.4) is 0 Å². The molecule has 0 atom stereocenters. The lowest BCUT2D eigenvalue weighted by Gasteiger charge is -2.11. The summed E-state index contributed by atoms with van der Waals surface area (Å²) in [5, 5.41) is 6.49. The summed E-state index contributed by atoms with van der Waals surface area (Å²) in [4.78, 5) is 44.3. The number of hydrogen-bond donors (Lipinski definition) is 4. The summed E-state index contributed by atoms with van der Waals surface area (Å²) in [7, 11) is -4.73. The predicted octanol–water partition coefficient (Wildman–Crippen LogP) is 5.80. The van der Waals surface area contributed by atoms with Gasteiger partial charge in [-0.05, 0) is 53.9 Å². The van der Waals surface area contributed by atoms with Crippen LogP contribution in [-0.4, -0.2) is 26.3 Å². The van der Waals surface area contributed by atoms with Crippen molar-refractivity contribution in [2.45, 2.75) is 20.0 Å². The van der Waals surface area contributed by atoms with Crippen LogP contribution < -0.4 is 10.6 Å². The zero-order chi connectivity index (χ0) is 25.9. The molecule has 0 spiro atoms. The average Bonchev–Trinajstić information content (AvgIpc) is 3.19. The third kappa shape index (κ3) is 6.02. The van der Waals surface area contributed by atoms with Crippen molar-refractivity contribution >= 4 is 53.6 Å². The first-order valence-electron chi connectivity index (χ1n) is 10.9. The molecule has 11 heteroatoms. The van der Waals surface area contributed by atoms with E-state index in [2.05, 4.69) is 15.2 Å². The number of anilines is 2. The van der Waals surface area contributed by atoms with Gasteiger partial charge in [-0.25, -0.2) is 9.36 Å². The third-order valence-corrected chi connectivity index (χ3v) is 6.19. The van der Waals surface area contributed by atoms with Gasteiger partial charge in [-0.3, -0.25) is 13.9 Å². The van der Waals surface area contributed by atoms with Gasteiger partial charge in [0.05, 0.1) is 17.8 Å². The lowest BCUT2D eigenvalue weighted by atomic mass is 10.1. The molecule has 3 aromatic carbocycles. The minimum absolute atomic E-state index is 0.185. The Morgan fingerprint density at radius 2 is 1.75 bits per heavy atom. The van der Waals surface area contributed by atoms with Crippen LogP contribution in [0.1, 0.15) is 28.4 Å². The number of halogens is 1. The number of carbonyl (C=O) groups is 2. The van der Waals surface area contributed by atoms with Crippen LogP contribution in [0.2, 0.25) is 5.02 Å². The first kappa shape index (κ1) is 25.6. The molecular weight excluding hydrogens is 505 g/mol. The maximum absolute atomic E-state index is 13.5. The van der Waals surface area contributed by atoms with Crippen molar-refractivity contribution in [1.29, 1.82) is 0 Å². The number of amides is 2. The topological polar surface area (TPSA) is 130 Å². The van der Waals surface area contributed by atoms with E-state index in [1.807, 2.05) is 19.1 Å². The molecule has 1 aromatic heterocycles. The van der Waals surface area contributed by atoms with Crippen molar-refractivity contribution < 1.29 is 28.5 Å². The molecule has 0 aliphatic heterocycles. The molecule has 0 aliphatic rings. The molecule has 9 nitrogen and oxygen atoms in total. The number of nitrogens with one attached hydrogen (secondary N) is 2. The molecule has 0 bridgehead atoms. The van der Waals surface area contributed by atoms with Crippen LogP contribution >= 0.6 is 19.4 Å². The van der Waals surface area contributed by atoms with Crippen molar-refractivity contribution in [1.82, 2.24) is 4.57 Å². The Kier molecular flexibility index (Phi) is 7.59. The Balaban J connectivity index is 1.65. The number of fused-ring (bicyclic) bond motifs is 1. The number of aromatic nitrogens is 1. The molecule has 0 radical (unpaired) electrons. The fraction of sp³-hybridized carbons (Fsp3) is 0.120. The highest BCUT2D eigenvalue weighted by Crippen LogP contribution is 2.37. The minimum Gasteiger partial charge on any atom is -0.308 e. The Morgan fingerprint density at radius 3 is 2.44 bits per heavy atom. The number of hydrogen-bond acceptors (Lipinski definition) is 4. The van der Waals surface area contributed by atoms with Crippen molar-refractivity contribution in [2.75, 3.05) is 10.6 Å². The number of phosphoric ester groups is 1. The van der Waals surface area contributed by atoms with Gasteiger partial charge in [0.2, 0.25) is 0 Å². The van der Waals surface area contributed by atoms with E-state index in [4.69, 9.17) is 21.4 Å². The number of benzene rings is 3. The summed E-state index contributed by atoms with van der Waals surface area (Å²) in [6, 6.07) is 18.2.